The van der Waals surface area contributed by atoms with E-state index in [1.54, 1.807) is 25.4 Å². The molecule has 3 aromatic rings. The van der Waals surface area contributed by atoms with Crippen molar-refractivity contribution in [2.45, 2.75) is 39.0 Å². The Bertz CT molecular complexity index is 1060. The fraction of sp³-hybridized carbons (Fsp3) is 0.350. The highest BCUT2D eigenvalue weighted by Crippen LogP contribution is 2.29. The number of rotatable bonds is 5. The lowest BCUT2D eigenvalue weighted by molar-refractivity contribution is -0.132. The minimum Gasteiger partial charge on any atom is -0.466 e. The minimum atomic E-state index is -1.27. The first-order valence-corrected chi connectivity index (χ1v) is 9.08. The third-order valence-electron chi connectivity index (χ3n) is 5.33. The van der Waals surface area contributed by atoms with Gasteiger partial charge in [0.1, 0.15) is 5.76 Å². The Kier molecular flexibility index (Phi) is 4.23. The summed E-state index contributed by atoms with van der Waals surface area (Å²) in [6.45, 7) is 5.73. The SMILES string of the molecule is Cc1cc2ncn(CC(O)CN3C(=O)NC(C)(c4ccco4)C3=O)c2cc1C. The number of furan rings is 1. The van der Waals surface area contributed by atoms with Gasteiger partial charge in [-0.2, -0.15) is 0 Å². The lowest BCUT2D eigenvalue weighted by Gasteiger charge is -2.21. The first-order chi connectivity index (χ1) is 13.3. The second-order valence-corrected chi connectivity index (χ2v) is 7.42. The van der Waals surface area contributed by atoms with E-state index < -0.39 is 23.6 Å². The molecule has 1 aromatic carbocycles. The van der Waals surface area contributed by atoms with Gasteiger partial charge in [-0.1, -0.05) is 0 Å². The number of nitrogens with zero attached hydrogens (tertiary/aromatic N) is 3. The molecule has 1 saturated heterocycles. The molecule has 3 heterocycles. The Morgan fingerprint density at radius 2 is 2.00 bits per heavy atom. The molecule has 4 rings (SSSR count). The van der Waals surface area contributed by atoms with Crippen LogP contribution in [-0.4, -0.2) is 44.1 Å². The number of carbonyl (C=O) groups excluding carboxylic acids is 2. The quantitative estimate of drug-likeness (QED) is 0.658. The standard InChI is InChI=1S/C20H22N4O4/c1-12-7-15-16(8-13(12)2)23(11-21-15)9-14(25)10-24-18(26)20(3,22-19(24)27)17-5-4-6-28-17/h4-8,11,14,25H,9-10H2,1-3H3,(H,22,27). The largest absolute Gasteiger partial charge is 0.466 e. The number of benzene rings is 1. The molecule has 1 fully saturated rings. The molecule has 1 aliphatic heterocycles. The Hall–Kier alpha value is -3.13. The van der Waals surface area contributed by atoms with E-state index in [9.17, 15) is 14.7 Å². The van der Waals surface area contributed by atoms with Crippen LogP contribution in [-0.2, 0) is 16.9 Å². The zero-order valence-electron chi connectivity index (χ0n) is 16.0. The molecule has 2 N–H and O–H groups in total. The average molecular weight is 382 g/mol. The molecule has 0 aliphatic carbocycles. The van der Waals surface area contributed by atoms with E-state index in [2.05, 4.69) is 10.3 Å². The van der Waals surface area contributed by atoms with E-state index in [0.29, 0.717) is 5.76 Å². The molecule has 2 atom stereocenters. The van der Waals surface area contributed by atoms with Crippen molar-refractivity contribution >= 4 is 23.0 Å². The second kappa shape index (κ2) is 6.49. The van der Waals surface area contributed by atoms with Gasteiger partial charge in [-0.3, -0.25) is 9.69 Å². The molecule has 2 unspecified atom stereocenters. The van der Waals surface area contributed by atoms with Crippen LogP contribution in [0.25, 0.3) is 11.0 Å². The number of hydrogen-bond acceptors (Lipinski definition) is 5. The Labute approximate surface area is 161 Å². The monoisotopic (exact) mass is 382 g/mol. The molecule has 3 amide bonds. The number of β-amino-alcohol motifs (C(OH)–C–C–N with tert-alkyl or cyclic N) is 1. The first-order valence-electron chi connectivity index (χ1n) is 9.08. The second-order valence-electron chi connectivity index (χ2n) is 7.42. The van der Waals surface area contributed by atoms with Crippen LogP contribution in [0.5, 0.6) is 0 Å². The molecular weight excluding hydrogens is 360 g/mol. The number of fused-ring (bicyclic) bond motifs is 1. The van der Waals surface area contributed by atoms with Gasteiger partial charge in [0.25, 0.3) is 5.91 Å². The van der Waals surface area contributed by atoms with E-state index in [4.69, 9.17) is 4.42 Å². The van der Waals surface area contributed by atoms with Crippen molar-refractivity contribution in [2.24, 2.45) is 0 Å². The maximum Gasteiger partial charge on any atom is 0.325 e. The summed E-state index contributed by atoms with van der Waals surface area (Å²) in [7, 11) is 0. The lowest BCUT2D eigenvalue weighted by atomic mass is 9.99. The average Bonchev–Trinajstić information content (AvgIpc) is 3.35. The number of aliphatic hydroxyl groups excluding tert-OH is 1. The van der Waals surface area contributed by atoms with Crippen LogP contribution in [0.15, 0.2) is 41.3 Å². The smallest absolute Gasteiger partial charge is 0.325 e. The Morgan fingerprint density at radius 1 is 1.25 bits per heavy atom. The molecular formula is C20H22N4O4. The normalized spacial score (nSPS) is 20.8. The molecule has 146 valence electrons. The summed E-state index contributed by atoms with van der Waals surface area (Å²) in [5.41, 5.74) is 2.76. The van der Waals surface area contributed by atoms with Crippen molar-refractivity contribution in [1.29, 1.82) is 0 Å². The van der Waals surface area contributed by atoms with E-state index >= 15 is 0 Å². The maximum absolute atomic E-state index is 12.8. The van der Waals surface area contributed by atoms with Crippen molar-refractivity contribution in [3.05, 3.63) is 53.7 Å². The number of aryl methyl sites for hydroxylation is 2. The zero-order valence-corrected chi connectivity index (χ0v) is 16.0. The summed E-state index contributed by atoms with van der Waals surface area (Å²) in [5.74, 6) is -0.0947. The molecule has 28 heavy (non-hydrogen) atoms. The highest BCUT2D eigenvalue weighted by Gasteiger charge is 2.51. The number of amides is 3. The van der Waals surface area contributed by atoms with E-state index in [-0.39, 0.29) is 13.1 Å². The Balaban J connectivity index is 1.51. The summed E-state index contributed by atoms with van der Waals surface area (Å²) in [6.07, 6.45) is 2.17. The van der Waals surface area contributed by atoms with Crippen LogP contribution in [0.2, 0.25) is 0 Å². The predicted molar refractivity (Wildman–Crippen MR) is 102 cm³/mol. The maximum atomic E-state index is 12.8. The molecule has 8 nitrogen and oxygen atoms in total. The van der Waals surface area contributed by atoms with E-state index in [0.717, 1.165) is 27.1 Å². The van der Waals surface area contributed by atoms with Crippen molar-refractivity contribution < 1.29 is 19.1 Å². The van der Waals surface area contributed by atoms with Gasteiger partial charge in [0.15, 0.2) is 5.54 Å². The molecule has 0 bridgehead atoms. The predicted octanol–water partition coefficient (Wildman–Crippen LogP) is 2.07. The zero-order chi connectivity index (χ0) is 20.1. The number of carbonyl (C=O) groups is 2. The molecule has 8 heteroatoms. The van der Waals surface area contributed by atoms with E-state index in [1.807, 2.05) is 30.5 Å². The highest BCUT2D eigenvalue weighted by molar-refractivity contribution is 6.06. The third-order valence-corrected chi connectivity index (χ3v) is 5.33. The third kappa shape index (κ3) is 2.86. The number of hydrogen-bond donors (Lipinski definition) is 2. The summed E-state index contributed by atoms with van der Waals surface area (Å²) in [4.78, 5) is 30.6. The van der Waals surface area contributed by atoms with Crippen molar-refractivity contribution in [3.63, 3.8) is 0 Å². The Morgan fingerprint density at radius 3 is 2.71 bits per heavy atom. The van der Waals surface area contributed by atoms with Crippen LogP contribution in [0, 0.1) is 13.8 Å². The van der Waals surface area contributed by atoms with Gasteiger partial charge in [0.2, 0.25) is 0 Å². The number of nitrogens with one attached hydrogen (secondary N) is 1. The topological polar surface area (TPSA) is 101 Å². The minimum absolute atomic E-state index is 0.120. The number of imidazole rings is 1. The summed E-state index contributed by atoms with van der Waals surface area (Å²) >= 11 is 0. The summed E-state index contributed by atoms with van der Waals surface area (Å²) in [6, 6.07) is 6.77. The molecule has 2 aromatic heterocycles. The number of aliphatic hydroxyl groups is 1. The van der Waals surface area contributed by atoms with E-state index in [1.165, 1.54) is 6.26 Å². The van der Waals surface area contributed by atoms with Crippen molar-refractivity contribution in [3.8, 4) is 0 Å². The van der Waals surface area contributed by atoms with Gasteiger partial charge in [-0.15, -0.1) is 0 Å². The van der Waals surface area contributed by atoms with Gasteiger partial charge in [0.05, 0.1) is 42.8 Å². The number of aromatic nitrogens is 2. The molecule has 0 radical (unpaired) electrons. The molecule has 0 spiro atoms. The first kappa shape index (κ1) is 18.2. The van der Waals surface area contributed by atoms with Gasteiger partial charge in [-0.25, -0.2) is 9.78 Å². The van der Waals surface area contributed by atoms with Crippen molar-refractivity contribution in [2.75, 3.05) is 6.54 Å². The van der Waals surface area contributed by atoms with Crippen LogP contribution < -0.4 is 5.32 Å². The van der Waals surface area contributed by atoms with Crippen LogP contribution in [0.4, 0.5) is 4.79 Å². The lowest BCUT2D eigenvalue weighted by Crippen LogP contribution is -2.42. The highest BCUT2D eigenvalue weighted by atomic mass is 16.3. The van der Waals surface area contributed by atoms with Crippen LogP contribution in [0.3, 0.4) is 0 Å². The molecule has 1 aliphatic rings. The molecule has 0 saturated carbocycles. The van der Waals surface area contributed by atoms with Crippen molar-refractivity contribution in [1.82, 2.24) is 19.8 Å². The van der Waals surface area contributed by atoms with Gasteiger partial charge in [0, 0.05) is 0 Å². The van der Waals surface area contributed by atoms with Crippen LogP contribution >= 0.6 is 0 Å². The van der Waals surface area contributed by atoms with Gasteiger partial charge < -0.3 is 19.4 Å². The summed E-state index contributed by atoms with van der Waals surface area (Å²) < 4.78 is 7.14. The van der Waals surface area contributed by atoms with Gasteiger partial charge >= 0.3 is 6.03 Å². The number of urea groups is 1. The van der Waals surface area contributed by atoms with Crippen LogP contribution in [0.1, 0.15) is 23.8 Å². The fourth-order valence-electron chi connectivity index (χ4n) is 3.55. The summed E-state index contributed by atoms with van der Waals surface area (Å²) in [5, 5.41) is 13.2. The fourth-order valence-corrected chi connectivity index (χ4v) is 3.55. The number of imide groups is 1. The van der Waals surface area contributed by atoms with Gasteiger partial charge in [-0.05, 0) is 56.2 Å².